The van der Waals surface area contributed by atoms with E-state index in [1.54, 1.807) is 13.8 Å². The van der Waals surface area contributed by atoms with E-state index in [1.165, 1.54) is 6.26 Å². The van der Waals surface area contributed by atoms with E-state index in [0.29, 0.717) is 0 Å². The topological polar surface area (TPSA) is 34.1 Å². The van der Waals surface area contributed by atoms with Crippen LogP contribution in [0.3, 0.4) is 0 Å². The van der Waals surface area contributed by atoms with Crippen molar-refractivity contribution in [1.29, 1.82) is 0 Å². The maximum Gasteiger partial charge on any atom is 0.156 e. The van der Waals surface area contributed by atoms with Gasteiger partial charge in [0.1, 0.15) is 0 Å². The molecule has 0 atom stereocenters. The van der Waals surface area contributed by atoms with Crippen LogP contribution in [0.2, 0.25) is 0 Å². The average molecular weight is 277 g/mol. The zero-order valence-corrected chi connectivity index (χ0v) is 10.8. The van der Waals surface area contributed by atoms with Gasteiger partial charge in [-0.3, -0.25) is 0 Å². The molecule has 0 heterocycles. The molecule has 0 saturated carbocycles. The zero-order chi connectivity index (χ0) is 11.0. The molecule has 0 radical (unpaired) electrons. The highest BCUT2D eigenvalue weighted by molar-refractivity contribution is 9.10. The Hall–Kier alpha value is -0.350. The summed E-state index contributed by atoms with van der Waals surface area (Å²) in [6.45, 7) is 3.43. The molecule has 1 aromatic carbocycles. The fourth-order valence-electron chi connectivity index (χ4n) is 1.07. The number of sulfone groups is 1. The minimum Gasteiger partial charge on any atom is -0.228 e. The monoisotopic (exact) mass is 276 g/mol. The van der Waals surface area contributed by atoms with Gasteiger partial charge in [0.15, 0.2) is 9.84 Å². The van der Waals surface area contributed by atoms with Gasteiger partial charge in [0.2, 0.25) is 0 Å². The van der Waals surface area contributed by atoms with Gasteiger partial charge in [-0.1, -0.05) is 28.1 Å². The van der Waals surface area contributed by atoms with Gasteiger partial charge in [-0.25, -0.2) is 8.42 Å². The maximum absolute atomic E-state index is 11.5. The van der Waals surface area contributed by atoms with E-state index in [9.17, 15) is 8.42 Å². The van der Waals surface area contributed by atoms with Crippen LogP contribution in [0.25, 0.3) is 0 Å². The first-order valence-electron chi connectivity index (χ1n) is 4.21. The van der Waals surface area contributed by atoms with Gasteiger partial charge < -0.3 is 0 Å². The lowest BCUT2D eigenvalue weighted by Gasteiger charge is -2.22. The van der Waals surface area contributed by atoms with E-state index in [1.807, 2.05) is 24.3 Å². The van der Waals surface area contributed by atoms with Crippen LogP contribution in [0, 0.1) is 0 Å². The quantitative estimate of drug-likeness (QED) is 0.833. The van der Waals surface area contributed by atoms with Crippen LogP contribution in [-0.2, 0) is 14.6 Å². The Morgan fingerprint density at radius 3 is 1.93 bits per heavy atom. The molecule has 0 unspecified atom stereocenters. The van der Waals surface area contributed by atoms with Crippen LogP contribution in [0.4, 0.5) is 0 Å². The predicted molar refractivity (Wildman–Crippen MR) is 62.0 cm³/mol. The van der Waals surface area contributed by atoms with Gasteiger partial charge in [0, 0.05) is 10.7 Å². The van der Waals surface area contributed by atoms with Crippen LogP contribution >= 0.6 is 15.9 Å². The third-order valence-corrected chi connectivity index (χ3v) is 5.08. The van der Waals surface area contributed by atoms with Crippen molar-refractivity contribution >= 4 is 25.8 Å². The number of hydrogen-bond donors (Lipinski definition) is 0. The third-order valence-electron chi connectivity index (χ3n) is 2.47. The first kappa shape index (κ1) is 11.7. The largest absolute Gasteiger partial charge is 0.228 e. The van der Waals surface area contributed by atoms with Gasteiger partial charge in [-0.2, -0.15) is 0 Å². The lowest BCUT2D eigenvalue weighted by molar-refractivity contribution is 0.561. The highest BCUT2D eigenvalue weighted by Crippen LogP contribution is 2.29. The summed E-state index contributed by atoms with van der Waals surface area (Å²) >= 11 is 3.31. The van der Waals surface area contributed by atoms with Gasteiger partial charge >= 0.3 is 0 Å². The second-order valence-electron chi connectivity index (χ2n) is 3.79. The molecule has 0 bridgehead atoms. The van der Waals surface area contributed by atoms with Crippen molar-refractivity contribution in [2.24, 2.45) is 0 Å². The minimum absolute atomic E-state index is 0.809. The molecule has 0 aromatic heterocycles. The molecule has 0 N–H and O–H groups in total. The van der Waals surface area contributed by atoms with Crippen LogP contribution in [0.5, 0.6) is 0 Å². The van der Waals surface area contributed by atoms with E-state index in [4.69, 9.17) is 0 Å². The van der Waals surface area contributed by atoms with Crippen LogP contribution in [0.15, 0.2) is 28.7 Å². The molecule has 14 heavy (non-hydrogen) atoms. The summed E-state index contributed by atoms with van der Waals surface area (Å²) in [7, 11) is -3.08. The van der Waals surface area contributed by atoms with Crippen molar-refractivity contribution < 1.29 is 8.42 Å². The van der Waals surface area contributed by atoms with Crippen molar-refractivity contribution in [2.45, 2.75) is 18.6 Å². The number of rotatable bonds is 2. The molecular formula is C10H13BrO2S. The highest BCUT2D eigenvalue weighted by atomic mass is 79.9. The molecule has 1 rings (SSSR count). The van der Waals surface area contributed by atoms with Crippen molar-refractivity contribution in [2.75, 3.05) is 6.26 Å². The second-order valence-corrected chi connectivity index (χ2v) is 7.27. The van der Waals surface area contributed by atoms with E-state index < -0.39 is 14.6 Å². The Labute approximate surface area is 93.4 Å². The van der Waals surface area contributed by atoms with Crippen molar-refractivity contribution in [3.63, 3.8) is 0 Å². The molecule has 0 spiro atoms. The van der Waals surface area contributed by atoms with E-state index in [-0.39, 0.29) is 0 Å². The first-order valence-corrected chi connectivity index (χ1v) is 6.89. The van der Waals surface area contributed by atoms with E-state index in [2.05, 4.69) is 15.9 Å². The zero-order valence-electron chi connectivity index (χ0n) is 8.41. The Morgan fingerprint density at radius 2 is 1.57 bits per heavy atom. The standard InChI is InChI=1S/C10H13BrO2S/c1-10(2,14(3,12)13)8-4-6-9(11)7-5-8/h4-7H,1-3H3. The van der Waals surface area contributed by atoms with Gasteiger partial charge in [0.25, 0.3) is 0 Å². The molecular weight excluding hydrogens is 264 g/mol. The fraction of sp³-hybridized carbons (Fsp3) is 0.400. The van der Waals surface area contributed by atoms with Gasteiger partial charge in [-0.15, -0.1) is 0 Å². The second kappa shape index (κ2) is 3.66. The molecule has 78 valence electrons. The van der Waals surface area contributed by atoms with E-state index in [0.717, 1.165) is 10.0 Å². The molecule has 0 aliphatic heterocycles. The van der Waals surface area contributed by atoms with Gasteiger partial charge in [-0.05, 0) is 31.5 Å². The van der Waals surface area contributed by atoms with Crippen molar-refractivity contribution in [3.8, 4) is 0 Å². The molecule has 0 saturated heterocycles. The molecule has 1 aromatic rings. The van der Waals surface area contributed by atoms with Crippen molar-refractivity contribution in [1.82, 2.24) is 0 Å². The summed E-state index contributed by atoms with van der Waals surface area (Å²) in [6.07, 6.45) is 1.26. The summed E-state index contributed by atoms with van der Waals surface area (Å²) in [5.74, 6) is 0. The lowest BCUT2D eigenvalue weighted by atomic mass is 10.0. The Balaban J connectivity index is 3.24. The number of halogens is 1. The normalized spacial score (nSPS) is 12.9. The summed E-state index contributed by atoms with van der Waals surface area (Å²) in [4.78, 5) is 0. The molecule has 0 fully saturated rings. The maximum atomic E-state index is 11.5. The van der Waals surface area contributed by atoms with Crippen molar-refractivity contribution in [3.05, 3.63) is 34.3 Å². The molecule has 2 nitrogen and oxygen atoms in total. The molecule has 0 aliphatic carbocycles. The number of benzene rings is 1. The first-order chi connectivity index (χ1) is 6.25. The smallest absolute Gasteiger partial charge is 0.156 e. The third kappa shape index (κ3) is 2.17. The molecule has 0 amide bonds. The molecule has 4 heteroatoms. The highest BCUT2D eigenvalue weighted by Gasteiger charge is 2.31. The summed E-state index contributed by atoms with van der Waals surface area (Å²) in [5, 5.41) is 0. The Kier molecular flexibility index (Phi) is 3.07. The number of hydrogen-bond acceptors (Lipinski definition) is 2. The SMILES string of the molecule is CC(C)(c1ccc(Br)cc1)S(C)(=O)=O. The molecule has 0 aliphatic rings. The summed E-state index contributed by atoms with van der Waals surface area (Å²) in [5.41, 5.74) is 0.809. The predicted octanol–water partition coefficient (Wildman–Crippen LogP) is 2.73. The minimum atomic E-state index is -3.08. The summed E-state index contributed by atoms with van der Waals surface area (Å²) in [6, 6.07) is 7.35. The van der Waals surface area contributed by atoms with Crippen LogP contribution in [0.1, 0.15) is 19.4 Å². The lowest BCUT2D eigenvalue weighted by Crippen LogP contribution is -2.27. The average Bonchev–Trinajstić information content (AvgIpc) is 2.03. The van der Waals surface area contributed by atoms with E-state index >= 15 is 0 Å². The van der Waals surface area contributed by atoms with Crippen LogP contribution < -0.4 is 0 Å². The van der Waals surface area contributed by atoms with Crippen LogP contribution in [-0.4, -0.2) is 14.7 Å². The Bertz CT molecular complexity index is 418. The van der Waals surface area contributed by atoms with Gasteiger partial charge in [0.05, 0.1) is 4.75 Å². The fourth-order valence-corrected chi connectivity index (χ4v) is 1.89. The Morgan fingerprint density at radius 1 is 1.14 bits per heavy atom. The summed E-state index contributed by atoms with van der Waals surface area (Å²) < 4.78 is 23.2.